The van der Waals surface area contributed by atoms with Crippen LogP contribution in [0.3, 0.4) is 0 Å². The van der Waals surface area contributed by atoms with Gasteiger partial charge in [-0.1, -0.05) is 0 Å². The molecule has 0 aliphatic carbocycles. The number of ketones is 1. The minimum Gasteiger partial charge on any atom is -0.316 e. The molecular formula is C11H9N3O3S. The van der Waals surface area contributed by atoms with Crippen molar-refractivity contribution < 1.29 is 9.72 Å². The number of benzene rings is 1. The first kappa shape index (κ1) is 12.2. The zero-order chi connectivity index (χ0) is 13.1. The number of Topliss-reactive ketones (excluding diaryl/α,β-unsaturated/α-hetero) is 1. The lowest BCUT2D eigenvalue weighted by Gasteiger charge is -2.02. The highest BCUT2D eigenvalue weighted by Gasteiger charge is 2.10. The highest BCUT2D eigenvalue weighted by molar-refractivity contribution is 7.06. The molecule has 2 aromatic rings. The molecule has 0 fully saturated rings. The van der Waals surface area contributed by atoms with Crippen LogP contribution >= 0.6 is 11.3 Å². The number of nitro groups is 1. The number of nitro benzene ring substituents is 1. The van der Waals surface area contributed by atoms with Crippen LogP contribution < -0.4 is 4.80 Å². The molecule has 18 heavy (non-hydrogen) atoms. The van der Waals surface area contributed by atoms with Gasteiger partial charge in [0.1, 0.15) is 0 Å². The molecule has 0 unspecified atom stereocenters. The van der Waals surface area contributed by atoms with Gasteiger partial charge in [-0.25, -0.2) is 0 Å². The summed E-state index contributed by atoms with van der Waals surface area (Å²) in [6, 6.07) is 5.45. The number of carbonyl (C=O) groups excluding carboxylic acids is 1. The molecule has 1 aromatic heterocycles. The van der Waals surface area contributed by atoms with Gasteiger partial charge in [0, 0.05) is 29.3 Å². The van der Waals surface area contributed by atoms with Gasteiger partial charge in [-0.15, -0.1) is 11.3 Å². The minimum absolute atomic E-state index is 0.0454. The molecular weight excluding hydrogens is 254 g/mol. The summed E-state index contributed by atoms with van der Waals surface area (Å²) in [5.41, 5.74) is 0.356. The second-order valence-corrected chi connectivity index (χ2v) is 4.46. The third-order valence-electron chi connectivity index (χ3n) is 2.40. The van der Waals surface area contributed by atoms with Gasteiger partial charge < -0.3 is 4.57 Å². The summed E-state index contributed by atoms with van der Waals surface area (Å²) in [4.78, 5) is 22.1. The van der Waals surface area contributed by atoms with E-state index in [2.05, 4.69) is 0 Å². The summed E-state index contributed by atoms with van der Waals surface area (Å²) in [6.45, 7) is 0.0696. The van der Waals surface area contributed by atoms with Crippen molar-refractivity contribution in [2.45, 2.75) is 6.54 Å². The number of hydrogen-bond acceptors (Lipinski definition) is 5. The number of thiazole rings is 1. The number of rotatable bonds is 4. The van der Waals surface area contributed by atoms with Gasteiger partial charge in [-0.2, -0.15) is 0 Å². The normalized spacial score (nSPS) is 10.2. The van der Waals surface area contributed by atoms with E-state index in [1.165, 1.54) is 40.2 Å². The maximum absolute atomic E-state index is 11.9. The van der Waals surface area contributed by atoms with Crippen molar-refractivity contribution in [3.63, 3.8) is 0 Å². The van der Waals surface area contributed by atoms with Crippen LogP contribution in [-0.4, -0.2) is 15.3 Å². The molecule has 0 aliphatic heterocycles. The molecule has 6 nitrogen and oxygen atoms in total. The number of nitrogens with zero attached hydrogens (tertiary/aromatic N) is 2. The van der Waals surface area contributed by atoms with Crippen molar-refractivity contribution in [3.8, 4) is 0 Å². The molecule has 92 valence electrons. The van der Waals surface area contributed by atoms with Gasteiger partial charge >= 0.3 is 0 Å². The van der Waals surface area contributed by atoms with Gasteiger partial charge in [0.25, 0.3) is 5.69 Å². The van der Waals surface area contributed by atoms with Crippen molar-refractivity contribution >= 4 is 22.8 Å². The molecule has 0 saturated carbocycles. The van der Waals surface area contributed by atoms with Crippen molar-refractivity contribution in [2.75, 3.05) is 0 Å². The monoisotopic (exact) mass is 263 g/mol. The van der Waals surface area contributed by atoms with Crippen LogP contribution in [0.25, 0.3) is 0 Å². The topological polar surface area (TPSA) is 89.0 Å². The summed E-state index contributed by atoms with van der Waals surface area (Å²) in [5.74, 6) is -0.179. The number of non-ortho nitro benzene ring substituents is 1. The Kier molecular flexibility index (Phi) is 3.33. The Hall–Kier alpha value is -2.28. The smallest absolute Gasteiger partial charge is 0.269 e. The van der Waals surface area contributed by atoms with Gasteiger partial charge in [-0.05, 0) is 12.1 Å². The van der Waals surface area contributed by atoms with Crippen LogP contribution in [0.2, 0.25) is 0 Å². The summed E-state index contributed by atoms with van der Waals surface area (Å²) < 4.78 is 1.52. The summed E-state index contributed by atoms with van der Waals surface area (Å²) in [6.07, 6.45) is 1.66. The largest absolute Gasteiger partial charge is 0.316 e. The molecule has 0 saturated heterocycles. The third kappa shape index (κ3) is 2.51. The number of hydrogen-bond donors (Lipinski definition) is 1. The molecule has 0 aliphatic rings. The Morgan fingerprint density at radius 1 is 1.39 bits per heavy atom. The maximum atomic E-state index is 11.9. The molecule has 2 rings (SSSR count). The van der Waals surface area contributed by atoms with E-state index in [1.807, 2.05) is 0 Å². The van der Waals surface area contributed by atoms with E-state index in [1.54, 1.807) is 11.6 Å². The number of aromatic nitrogens is 1. The van der Waals surface area contributed by atoms with Crippen LogP contribution in [0.15, 0.2) is 35.8 Å². The summed E-state index contributed by atoms with van der Waals surface area (Å²) in [7, 11) is 0. The average molecular weight is 263 g/mol. The van der Waals surface area contributed by atoms with Gasteiger partial charge in [-0.3, -0.25) is 20.3 Å². The van der Waals surface area contributed by atoms with Crippen molar-refractivity contribution in [2.24, 2.45) is 0 Å². The molecule has 0 bridgehead atoms. The Bertz CT molecular complexity index is 642. The lowest BCUT2D eigenvalue weighted by molar-refractivity contribution is -0.384. The molecule has 0 amide bonds. The fourth-order valence-electron chi connectivity index (χ4n) is 1.44. The Balaban J connectivity index is 2.17. The molecule has 1 heterocycles. The van der Waals surface area contributed by atoms with E-state index >= 15 is 0 Å². The number of carbonyl (C=O) groups is 1. The Morgan fingerprint density at radius 3 is 2.56 bits per heavy atom. The van der Waals surface area contributed by atoms with E-state index < -0.39 is 4.92 Å². The predicted octanol–water partition coefficient (Wildman–Crippen LogP) is 1.82. The molecule has 0 atom stereocenters. The molecule has 0 radical (unpaired) electrons. The number of nitrogens with one attached hydrogen (secondary N) is 1. The zero-order valence-corrected chi connectivity index (χ0v) is 10.0. The first-order valence-electron chi connectivity index (χ1n) is 5.04. The van der Waals surface area contributed by atoms with Gasteiger partial charge in [0.15, 0.2) is 10.6 Å². The predicted molar refractivity (Wildman–Crippen MR) is 65.6 cm³/mol. The second kappa shape index (κ2) is 4.92. The summed E-state index contributed by atoms with van der Waals surface area (Å²) in [5, 5.41) is 19.7. The lowest BCUT2D eigenvalue weighted by atomic mass is 10.1. The first-order valence-corrected chi connectivity index (χ1v) is 5.92. The van der Waals surface area contributed by atoms with Gasteiger partial charge in [0.2, 0.25) is 0 Å². The van der Waals surface area contributed by atoms with E-state index in [4.69, 9.17) is 5.41 Å². The highest BCUT2D eigenvalue weighted by Crippen LogP contribution is 2.12. The summed E-state index contributed by atoms with van der Waals surface area (Å²) >= 11 is 1.24. The van der Waals surface area contributed by atoms with E-state index in [0.29, 0.717) is 10.4 Å². The second-order valence-electron chi connectivity index (χ2n) is 3.56. The SMILES string of the molecule is N=c1sccn1CC(=O)c1ccc([N+](=O)[O-])cc1. The fourth-order valence-corrected chi connectivity index (χ4v) is 2.04. The molecule has 1 N–H and O–H groups in total. The van der Waals surface area contributed by atoms with Gasteiger partial charge in [0.05, 0.1) is 11.5 Å². The highest BCUT2D eigenvalue weighted by atomic mass is 32.1. The Labute approximate surface area is 106 Å². The molecule has 0 spiro atoms. The minimum atomic E-state index is -0.510. The van der Waals surface area contributed by atoms with E-state index in [0.717, 1.165) is 0 Å². The van der Waals surface area contributed by atoms with E-state index in [9.17, 15) is 14.9 Å². The lowest BCUT2D eigenvalue weighted by Crippen LogP contribution is -2.18. The standard InChI is InChI=1S/C11H9N3O3S/c12-11-13(5-6-18-11)7-10(15)8-1-3-9(4-2-8)14(16)17/h1-6,12H,7H2. The van der Waals surface area contributed by atoms with Crippen molar-refractivity contribution in [1.29, 1.82) is 5.41 Å². The molecule has 1 aromatic carbocycles. The van der Waals surface area contributed by atoms with Crippen LogP contribution in [0.4, 0.5) is 5.69 Å². The van der Waals surface area contributed by atoms with Crippen molar-refractivity contribution in [1.82, 2.24) is 4.57 Å². The third-order valence-corrected chi connectivity index (χ3v) is 3.11. The quantitative estimate of drug-likeness (QED) is 0.518. The van der Waals surface area contributed by atoms with E-state index in [-0.39, 0.29) is 18.0 Å². The maximum Gasteiger partial charge on any atom is 0.269 e. The average Bonchev–Trinajstić information content (AvgIpc) is 2.75. The Morgan fingerprint density at radius 2 is 2.06 bits per heavy atom. The van der Waals surface area contributed by atoms with Crippen LogP contribution in [-0.2, 0) is 6.54 Å². The zero-order valence-electron chi connectivity index (χ0n) is 9.20. The van der Waals surface area contributed by atoms with Crippen molar-refractivity contribution in [3.05, 3.63) is 56.3 Å². The molecule has 7 heteroatoms. The fraction of sp³-hybridized carbons (Fsp3) is 0.0909. The van der Waals surface area contributed by atoms with Crippen LogP contribution in [0.1, 0.15) is 10.4 Å². The van der Waals surface area contributed by atoms with Crippen LogP contribution in [0.5, 0.6) is 0 Å². The van der Waals surface area contributed by atoms with Crippen LogP contribution in [0, 0.1) is 15.5 Å². The first-order chi connectivity index (χ1) is 8.58.